The molecule has 1 fully saturated rings. The molecule has 0 unspecified atom stereocenters. The molecule has 9 nitrogen and oxygen atoms in total. The van der Waals surface area contributed by atoms with Crippen LogP contribution in [0.15, 0.2) is 36.7 Å². The number of hydrogen-bond acceptors (Lipinski definition) is 6. The first-order valence-electron chi connectivity index (χ1n) is 9.56. The third-order valence-electron chi connectivity index (χ3n) is 5.10. The van der Waals surface area contributed by atoms with E-state index in [1.807, 2.05) is 49.3 Å². The van der Waals surface area contributed by atoms with Gasteiger partial charge in [0.2, 0.25) is 11.9 Å². The third kappa shape index (κ3) is 3.89. The van der Waals surface area contributed by atoms with Gasteiger partial charge in [0.05, 0.1) is 6.33 Å². The van der Waals surface area contributed by atoms with Crippen LogP contribution < -0.4 is 10.2 Å². The molecule has 0 bridgehead atoms. The van der Waals surface area contributed by atoms with Crippen molar-refractivity contribution in [3.05, 3.63) is 42.2 Å². The molecule has 1 saturated heterocycles. The first-order valence-corrected chi connectivity index (χ1v) is 9.56. The number of imidazole rings is 1. The smallest absolute Gasteiger partial charge is 0.253 e. The van der Waals surface area contributed by atoms with Gasteiger partial charge in [-0.05, 0) is 25.0 Å². The van der Waals surface area contributed by atoms with Gasteiger partial charge in [-0.15, -0.1) is 0 Å². The lowest BCUT2D eigenvalue weighted by Gasteiger charge is -2.31. The highest BCUT2D eigenvalue weighted by molar-refractivity contribution is 5.95. The molecule has 3 aromatic rings. The van der Waals surface area contributed by atoms with Crippen molar-refractivity contribution >= 4 is 34.7 Å². The molecular formula is C20H23N7O2. The van der Waals surface area contributed by atoms with Crippen molar-refractivity contribution in [2.24, 2.45) is 5.92 Å². The van der Waals surface area contributed by atoms with Gasteiger partial charge in [0.1, 0.15) is 5.52 Å². The summed E-state index contributed by atoms with van der Waals surface area (Å²) in [7, 11) is 3.74. The molecule has 2 N–H and O–H groups in total. The molecule has 0 aliphatic carbocycles. The van der Waals surface area contributed by atoms with Crippen LogP contribution in [0.5, 0.6) is 0 Å². The van der Waals surface area contributed by atoms with Gasteiger partial charge >= 0.3 is 0 Å². The van der Waals surface area contributed by atoms with Crippen molar-refractivity contribution < 1.29 is 9.59 Å². The maximum Gasteiger partial charge on any atom is 0.253 e. The van der Waals surface area contributed by atoms with E-state index in [2.05, 4.69) is 25.3 Å². The van der Waals surface area contributed by atoms with E-state index >= 15 is 0 Å². The topological polar surface area (TPSA) is 107 Å². The van der Waals surface area contributed by atoms with Gasteiger partial charge in [-0.2, -0.15) is 9.97 Å². The Morgan fingerprint density at radius 1 is 1.14 bits per heavy atom. The Balaban J connectivity index is 1.40. The molecule has 1 aliphatic heterocycles. The molecular weight excluding hydrogens is 370 g/mol. The van der Waals surface area contributed by atoms with Crippen molar-refractivity contribution in [3.63, 3.8) is 0 Å². The average Bonchev–Trinajstić information content (AvgIpc) is 3.21. The van der Waals surface area contributed by atoms with Gasteiger partial charge in [0.15, 0.2) is 11.5 Å². The van der Waals surface area contributed by atoms with Crippen LogP contribution in [0.25, 0.3) is 11.2 Å². The zero-order chi connectivity index (χ0) is 20.4. The molecule has 150 valence electrons. The second-order valence-electron chi connectivity index (χ2n) is 7.29. The number of fused-ring (bicyclic) bond motifs is 1. The Labute approximate surface area is 168 Å². The summed E-state index contributed by atoms with van der Waals surface area (Å²) in [5.41, 5.74) is 1.90. The van der Waals surface area contributed by atoms with Crippen LogP contribution in [0.2, 0.25) is 0 Å². The molecule has 0 saturated carbocycles. The predicted molar refractivity (Wildman–Crippen MR) is 110 cm³/mol. The maximum atomic E-state index is 12.7. The second-order valence-corrected chi connectivity index (χ2v) is 7.29. The van der Waals surface area contributed by atoms with Crippen molar-refractivity contribution in [1.82, 2.24) is 24.8 Å². The monoisotopic (exact) mass is 393 g/mol. The molecule has 0 radical (unpaired) electrons. The highest BCUT2D eigenvalue weighted by Crippen LogP contribution is 2.23. The van der Waals surface area contributed by atoms with Crippen LogP contribution in [0.1, 0.15) is 23.2 Å². The lowest BCUT2D eigenvalue weighted by Crippen LogP contribution is -2.41. The molecule has 3 heterocycles. The molecule has 4 rings (SSSR count). The summed E-state index contributed by atoms with van der Waals surface area (Å²) < 4.78 is 0. The molecule has 0 atom stereocenters. The molecule has 1 aliphatic rings. The first kappa shape index (κ1) is 18.9. The van der Waals surface area contributed by atoms with E-state index in [0.29, 0.717) is 43.0 Å². The fraction of sp³-hybridized carbons (Fsp3) is 0.350. The minimum atomic E-state index is -0.184. The molecule has 1 aromatic carbocycles. The van der Waals surface area contributed by atoms with Crippen molar-refractivity contribution in [1.29, 1.82) is 0 Å². The van der Waals surface area contributed by atoms with Gasteiger partial charge in [0, 0.05) is 38.7 Å². The van der Waals surface area contributed by atoms with Crippen LogP contribution in [0.4, 0.5) is 11.8 Å². The molecule has 2 aromatic heterocycles. The minimum absolute atomic E-state index is 0.00685. The van der Waals surface area contributed by atoms with Crippen LogP contribution in [0.3, 0.4) is 0 Å². The number of nitrogens with one attached hydrogen (secondary N) is 2. The quantitative estimate of drug-likeness (QED) is 0.701. The number of likely N-dealkylation sites (tertiary alicyclic amines) is 1. The third-order valence-corrected chi connectivity index (χ3v) is 5.10. The van der Waals surface area contributed by atoms with Crippen LogP contribution >= 0.6 is 0 Å². The van der Waals surface area contributed by atoms with Gasteiger partial charge in [0.25, 0.3) is 5.91 Å². The maximum absolute atomic E-state index is 12.7. The first-order chi connectivity index (χ1) is 14.0. The van der Waals surface area contributed by atoms with E-state index < -0.39 is 0 Å². The van der Waals surface area contributed by atoms with Crippen LogP contribution in [0, 0.1) is 5.92 Å². The van der Waals surface area contributed by atoms with Crippen LogP contribution in [-0.2, 0) is 4.79 Å². The summed E-state index contributed by atoms with van der Waals surface area (Å²) in [4.78, 5) is 44.9. The van der Waals surface area contributed by atoms with E-state index in [1.165, 1.54) is 0 Å². The zero-order valence-corrected chi connectivity index (χ0v) is 16.4. The Morgan fingerprint density at radius 3 is 2.55 bits per heavy atom. The molecule has 29 heavy (non-hydrogen) atoms. The number of H-pyrrole nitrogens is 1. The molecule has 9 heteroatoms. The standard InChI is InChI=1S/C20H23N7O2/c1-26(2)17-15-16(22-12-21-15)23-20(24-17)25-18(28)13-8-10-27(11-9-13)19(29)14-6-4-3-5-7-14/h3-7,12-13H,8-11H2,1-2H3,(H2,21,22,23,24,25,28). The van der Waals surface area contributed by atoms with Crippen molar-refractivity contribution in [3.8, 4) is 0 Å². The van der Waals surface area contributed by atoms with Crippen LogP contribution in [-0.4, -0.2) is 63.8 Å². The molecule has 2 amide bonds. The number of carbonyl (C=O) groups excluding carboxylic acids is 2. The number of piperidine rings is 1. The van der Waals surface area contributed by atoms with E-state index in [9.17, 15) is 9.59 Å². The Kier molecular flexibility index (Phi) is 5.11. The summed E-state index contributed by atoms with van der Waals surface area (Å²) in [5, 5.41) is 2.82. The SMILES string of the molecule is CN(C)c1nc(NC(=O)C2CCN(C(=O)c3ccccc3)CC2)nc2nc[nH]c12. The van der Waals surface area contributed by atoms with Gasteiger partial charge in [-0.25, -0.2) is 4.98 Å². The summed E-state index contributed by atoms with van der Waals surface area (Å²) in [6.45, 7) is 1.10. The van der Waals surface area contributed by atoms with E-state index in [1.54, 1.807) is 11.2 Å². The number of anilines is 2. The van der Waals surface area contributed by atoms with Gasteiger partial charge in [-0.3, -0.25) is 14.9 Å². The fourth-order valence-electron chi connectivity index (χ4n) is 3.52. The number of rotatable bonds is 4. The highest BCUT2D eigenvalue weighted by atomic mass is 16.2. The lowest BCUT2D eigenvalue weighted by atomic mass is 9.95. The normalized spacial score (nSPS) is 14.8. The second kappa shape index (κ2) is 7.86. The number of hydrogen-bond donors (Lipinski definition) is 2. The number of benzene rings is 1. The largest absolute Gasteiger partial charge is 0.361 e. The lowest BCUT2D eigenvalue weighted by molar-refractivity contribution is -0.121. The van der Waals surface area contributed by atoms with Gasteiger partial charge in [-0.1, -0.05) is 18.2 Å². The minimum Gasteiger partial charge on any atom is -0.361 e. The Hall–Kier alpha value is -3.49. The molecule has 0 spiro atoms. The Morgan fingerprint density at radius 2 is 1.86 bits per heavy atom. The highest BCUT2D eigenvalue weighted by Gasteiger charge is 2.28. The number of amides is 2. The predicted octanol–water partition coefficient (Wildman–Crippen LogP) is 1.91. The summed E-state index contributed by atoms with van der Waals surface area (Å²) >= 11 is 0. The zero-order valence-electron chi connectivity index (χ0n) is 16.4. The summed E-state index contributed by atoms with van der Waals surface area (Å²) in [6, 6.07) is 9.21. The number of nitrogens with zero attached hydrogens (tertiary/aromatic N) is 5. The number of carbonyl (C=O) groups is 2. The van der Waals surface area contributed by atoms with E-state index in [0.717, 1.165) is 5.52 Å². The van der Waals surface area contributed by atoms with Crippen molar-refractivity contribution in [2.45, 2.75) is 12.8 Å². The fourth-order valence-corrected chi connectivity index (χ4v) is 3.52. The summed E-state index contributed by atoms with van der Waals surface area (Å²) in [5.74, 6) is 0.590. The Bertz CT molecular complexity index is 1020. The average molecular weight is 393 g/mol. The van der Waals surface area contributed by atoms with Gasteiger partial charge < -0.3 is 14.8 Å². The van der Waals surface area contributed by atoms with Crippen molar-refractivity contribution in [2.75, 3.05) is 37.4 Å². The number of aromatic amines is 1. The van der Waals surface area contributed by atoms with E-state index in [4.69, 9.17) is 0 Å². The number of aromatic nitrogens is 4. The summed E-state index contributed by atoms with van der Waals surface area (Å²) in [6.07, 6.45) is 2.77. The van der Waals surface area contributed by atoms with E-state index in [-0.39, 0.29) is 23.7 Å².